The first-order valence-electron chi connectivity index (χ1n) is 7.45. The molecule has 0 unspecified atom stereocenters. The summed E-state index contributed by atoms with van der Waals surface area (Å²) < 4.78 is 0.971. The molecule has 0 radical (unpaired) electrons. The van der Waals surface area contributed by atoms with Crippen LogP contribution in [0.4, 0.5) is 5.82 Å². The summed E-state index contributed by atoms with van der Waals surface area (Å²) in [6, 6.07) is 3.98. The number of nitrogens with zero attached hydrogens (tertiary/aromatic N) is 3. The second-order valence-electron chi connectivity index (χ2n) is 5.48. The third-order valence-corrected chi connectivity index (χ3v) is 4.76. The van der Waals surface area contributed by atoms with Gasteiger partial charge in [0.25, 0.3) is 0 Å². The Morgan fingerprint density at radius 2 is 1.90 bits per heavy atom. The minimum absolute atomic E-state index is 0.0796. The number of hydrogen-bond acceptors (Lipinski definition) is 4. The van der Waals surface area contributed by atoms with Gasteiger partial charge in [-0.15, -0.1) is 0 Å². The minimum atomic E-state index is -0.710. The molecule has 0 atom stereocenters. The van der Waals surface area contributed by atoms with Crippen LogP contribution >= 0.6 is 15.9 Å². The molecule has 1 aliphatic rings. The molecule has 0 bridgehead atoms. The van der Waals surface area contributed by atoms with Crippen molar-refractivity contribution in [1.82, 2.24) is 9.88 Å². The number of rotatable bonds is 4. The van der Waals surface area contributed by atoms with Crippen LogP contribution in [0.15, 0.2) is 22.8 Å². The van der Waals surface area contributed by atoms with Gasteiger partial charge in [-0.1, -0.05) is 13.8 Å². The molecule has 0 saturated carbocycles. The Hall–Kier alpha value is -1.14. The van der Waals surface area contributed by atoms with Crippen LogP contribution in [0.5, 0.6) is 0 Å². The predicted octanol–water partition coefficient (Wildman–Crippen LogP) is 2.01. The third-order valence-electron chi connectivity index (χ3n) is 4.29. The smallest absolute Gasteiger partial charge is 0.242 e. The second-order valence-corrected chi connectivity index (χ2v) is 6.39. The maximum absolute atomic E-state index is 12.5. The normalized spacial score (nSPS) is 16.2. The molecular formula is C15H23BrN4O. The van der Waals surface area contributed by atoms with Crippen molar-refractivity contribution in [3.63, 3.8) is 0 Å². The fourth-order valence-corrected chi connectivity index (χ4v) is 2.80. The molecule has 2 heterocycles. The quantitative estimate of drug-likeness (QED) is 0.898. The number of amides is 1. The molecule has 1 aromatic heterocycles. The van der Waals surface area contributed by atoms with Crippen molar-refractivity contribution in [2.45, 2.75) is 32.2 Å². The molecule has 116 valence electrons. The average Bonchev–Trinajstić information content (AvgIpc) is 2.54. The Kier molecular flexibility index (Phi) is 5.22. The van der Waals surface area contributed by atoms with Gasteiger partial charge in [-0.25, -0.2) is 4.98 Å². The molecule has 2 N–H and O–H groups in total. The van der Waals surface area contributed by atoms with Crippen molar-refractivity contribution in [2.24, 2.45) is 5.73 Å². The molecule has 1 saturated heterocycles. The summed E-state index contributed by atoms with van der Waals surface area (Å²) >= 11 is 3.39. The molecule has 2 rings (SSSR count). The van der Waals surface area contributed by atoms with Gasteiger partial charge in [-0.05, 0) is 40.9 Å². The van der Waals surface area contributed by atoms with Crippen molar-refractivity contribution < 1.29 is 4.79 Å². The number of pyridine rings is 1. The van der Waals surface area contributed by atoms with E-state index in [1.165, 1.54) is 0 Å². The zero-order valence-corrected chi connectivity index (χ0v) is 14.3. The minimum Gasteiger partial charge on any atom is -0.353 e. The number of halogens is 1. The summed E-state index contributed by atoms with van der Waals surface area (Å²) in [6.45, 7) is 6.95. The fourth-order valence-electron chi connectivity index (χ4n) is 2.56. The molecule has 1 amide bonds. The Balaban J connectivity index is 1.97. The first kappa shape index (κ1) is 16.2. The lowest BCUT2D eigenvalue weighted by Crippen LogP contribution is -2.59. The largest absolute Gasteiger partial charge is 0.353 e. The van der Waals surface area contributed by atoms with E-state index >= 15 is 0 Å². The lowest BCUT2D eigenvalue weighted by molar-refractivity contribution is -0.137. The molecule has 5 nitrogen and oxygen atoms in total. The van der Waals surface area contributed by atoms with E-state index in [-0.39, 0.29) is 5.91 Å². The van der Waals surface area contributed by atoms with Gasteiger partial charge in [0.15, 0.2) is 0 Å². The van der Waals surface area contributed by atoms with Gasteiger partial charge in [-0.2, -0.15) is 0 Å². The van der Waals surface area contributed by atoms with E-state index in [9.17, 15) is 4.79 Å². The van der Waals surface area contributed by atoms with Crippen molar-refractivity contribution in [1.29, 1.82) is 0 Å². The van der Waals surface area contributed by atoms with Gasteiger partial charge < -0.3 is 15.5 Å². The number of nitrogens with two attached hydrogens (primary N) is 1. The third kappa shape index (κ3) is 3.55. The molecule has 6 heteroatoms. The van der Waals surface area contributed by atoms with Gasteiger partial charge in [0.1, 0.15) is 5.82 Å². The van der Waals surface area contributed by atoms with E-state index in [0.717, 1.165) is 23.4 Å². The van der Waals surface area contributed by atoms with Crippen molar-refractivity contribution in [3.8, 4) is 0 Å². The van der Waals surface area contributed by atoms with Gasteiger partial charge in [0.2, 0.25) is 5.91 Å². The highest BCUT2D eigenvalue weighted by Crippen LogP contribution is 2.20. The number of anilines is 1. The highest BCUT2D eigenvalue weighted by molar-refractivity contribution is 9.10. The molecule has 21 heavy (non-hydrogen) atoms. The molecule has 1 fully saturated rings. The lowest BCUT2D eigenvalue weighted by Gasteiger charge is -2.39. The number of carbonyl (C=O) groups excluding carboxylic acids is 1. The van der Waals surface area contributed by atoms with Crippen LogP contribution in [0.3, 0.4) is 0 Å². The van der Waals surface area contributed by atoms with Gasteiger partial charge in [0, 0.05) is 36.8 Å². The molecule has 1 aliphatic heterocycles. The van der Waals surface area contributed by atoms with Crippen LogP contribution in [-0.4, -0.2) is 47.5 Å². The highest BCUT2D eigenvalue weighted by Gasteiger charge is 2.35. The standard InChI is InChI=1S/C15H23BrN4O/c1-3-15(17,4-2)14(21)20-9-7-19(8-10-20)13-6-5-12(16)11-18-13/h5-6,11H,3-4,7-10,17H2,1-2H3. The predicted molar refractivity (Wildman–Crippen MR) is 88.2 cm³/mol. The van der Waals surface area contributed by atoms with Gasteiger partial charge in [-0.3, -0.25) is 4.79 Å². The average molecular weight is 355 g/mol. The molecule has 0 spiro atoms. The van der Waals surface area contributed by atoms with Crippen LogP contribution in [0, 0.1) is 0 Å². The summed E-state index contributed by atoms with van der Waals surface area (Å²) in [7, 11) is 0. The first-order chi connectivity index (χ1) is 10.00. The van der Waals surface area contributed by atoms with Crippen LogP contribution in [0.25, 0.3) is 0 Å². The van der Waals surface area contributed by atoms with E-state index in [1.54, 1.807) is 6.20 Å². The van der Waals surface area contributed by atoms with E-state index in [2.05, 4.69) is 25.8 Å². The van der Waals surface area contributed by atoms with Crippen molar-refractivity contribution in [3.05, 3.63) is 22.8 Å². The number of hydrogen-bond donors (Lipinski definition) is 1. The maximum Gasteiger partial charge on any atom is 0.242 e. The van der Waals surface area contributed by atoms with Crippen LogP contribution in [0.1, 0.15) is 26.7 Å². The number of aromatic nitrogens is 1. The topological polar surface area (TPSA) is 62.5 Å². The summed E-state index contributed by atoms with van der Waals surface area (Å²) in [6.07, 6.45) is 3.15. The molecular weight excluding hydrogens is 332 g/mol. The number of carbonyl (C=O) groups is 1. The zero-order valence-electron chi connectivity index (χ0n) is 12.7. The summed E-state index contributed by atoms with van der Waals surface area (Å²) in [4.78, 5) is 21.0. The van der Waals surface area contributed by atoms with Crippen molar-refractivity contribution in [2.75, 3.05) is 31.1 Å². The van der Waals surface area contributed by atoms with Crippen LogP contribution < -0.4 is 10.6 Å². The lowest BCUT2D eigenvalue weighted by atomic mass is 9.92. The fraction of sp³-hybridized carbons (Fsp3) is 0.600. The monoisotopic (exact) mass is 354 g/mol. The van der Waals surface area contributed by atoms with Crippen LogP contribution in [-0.2, 0) is 4.79 Å². The first-order valence-corrected chi connectivity index (χ1v) is 8.24. The van der Waals surface area contributed by atoms with E-state index in [4.69, 9.17) is 5.73 Å². The van der Waals surface area contributed by atoms with Gasteiger partial charge >= 0.3 is 0 Å². The highest BCUT2D eigenvalue weighted by atomic mass is 79.9. The van der Waals surface area contributed by atoms with E-state index in [0.29, 0.717) is 25.9 Å². The second kappa shape index (κ2) is 6.75. The molecule has 0 aliphatic carbocycles. The summed E-state index contributed by atoms with van der Waals surface area (Å²) in [5.41, 5.74) is 5.50. The Morgan fingerprint density at radius 1 is 1.29 bits per heavy atom. The Morgan fingerprint density at radius 3 is 2.38 bits per heavy atom. The van der Waals surface area contributed by atoms with Crippen molar-refractivity contribution >= 4 is 27.7 Å². The molecule has 0 aromatic carbocycles. The number of piperazine rings is 1. The van der Waals surface area contributed by atoms with Gasteiger partial charge in [0.05, 0.1) is 5.54 Å². The van der Waals surface area contributed by atoms with E-state index in [1.807, 2.05) is 30.9 Å². The Labute approximate surface area is 134 Å². The maximum atomic E-state index is 12.5. The summed E-state index contributed by atoms with van der Waals surface area (Å²) in [5.74, 6) is 1.03. The van der Waals surface area contributed by atoms with Crippen LogP contribution in [0.2, 0.25) is 0 Å². The SMILES string of the molecule is CCC(N)(CC)C(=O)N1CCN(c2ccc(Br)cn2)CC1. The zero-order chi connectivity index (χ0) is 15.5. The Bertz CT molecular complexity index is 479. The molecule has 1 aromatic rings. The van der Waals surface area contributed by atoms with E-state index < -0.39 is 5.54 Å². The summed E-state index contributed by atoms with van der Waals surface area (Å²) in [5, 5.41) is 0.